The minimum absolute atomic E-state index is 0.0454. The Hall–Kier alpha value is -0.840. The Bertz CT molecular complexity index is 458. The summed E-state index contributed by atoms with van der Waals surface area (Å²) >= 11 is 7.76. The van der Waals surface area contributed by atoms with Crippen molar-refractivity contribution >= 4 is 22.9 Å². The van der Waals surface area contributed by atoms with Gasteiger partial charge in [0.1, 0.15) is 6.04 Å². The number of thiophene rings is 1. The van der Waals surface area contributed by atoms with Gasteiger partial charge in [-0.25, -0.2) is 0 Å². The number of nitrogens with two attached hydrogens (primary N) is 1. The molecule has 3 nitrogen and oxygen atoms in total. The van der Waals surface area contributed by atoms with Crippen LogP contribution in [0.2, 0.25) is 5.02 Å². The molecule has 2 aromatic heterocycles. The maximum absolute atomic E-state index is 6.20. The van der Waals surface area contributed by atoms with Crippen molar-refractivity contribution in [2.45, 2.75) is 32.4 Å². The lowest BCUT2D eigenvalue weighted by Gasteiger charge is -2.22. The first-order chi connectivity index (χ1) is 8.13. The van der Waals surface area contributed by atoms with Crippen LogP contribution >= 0.6 is 22.9 Å². The smallest absolute Gasteiger partial charge is 0.101 e. The lowest BCUT2D eigenvalue weighted by molar-refractivity contribution is 0.428. The van der Waals surface area contributed by atoms with E-state index in [1.807, 2.05) is 23.9 Å². The number of hydrogen-bond acceptors (Lipinski definition) is 3. The summed E-state index contributed by atoms with van der Waals surface area (Å²) in [6.45, 7) is 3.99. The fourth-order valence-corrected chi connectivity index (χ4v) is 2.85. The van der Waals surface area contributed by atoms with Gasteiger partial charge in [0.15, 0.2) is 0 Å². The number of aromatic nitrogens is 2. The second-order valence-corrected chi connectivity index (χ2v) is 5.46. The summed E-state index contributed by atoms with van der Waals surface area (Å²) in [5.41, 5.74) is 7.05. The Morgan fingerprint density at radius 1 is 1.59 bits per heavy atom. The Balaban J connectivity index is 2.40. The van der Waals surface area contributed by atoms with Crippen molar-refractivity contribution < 1.29 is 0 Å². The zero-order valence-corrected chi connectivity index (χ0v) is 11.5. The lowest BCUT2D eigenvalue weighted by Crippen LogP contribution is -2.32. The van der Waals surface area contributed by atoms with Crippen molar-refractivity contribution in [1.82, 2.24) is 9.78 Å². The average Bonchev–Trinajstić information content (AvgIpc) is 2.91. The molecule has 0 radical (unpaired) electrons. The molecule has 0 saturated carbocycles. The number of nitrogens with zero attached hydrogens (tertiary/aromatic N) is 2. The van der Waals surface area contributed by atoms with E-state index >= 15 is 0 Å². The van der Waals surface area contributed by atoms with E-state index in [0.29, 0.717) is 5.02 Å². The summed E-state index contributed by atoms with van der Waals surface area (Å²) in [5.74, 6) is 0. The Morgan fingerprint density at radius 2 is 2.35 bits per heavy atom. The highest BCUT2D eigenvalue weighted by atomic mass is 35.5. The highest BCUT2D eigenvalue weighted by Crippen LogP contribution is 2.28. The van der Waals surface area contributed by atoms with Crippen molar-refractivity contribution in [2.24, 2.45) is 5.73 Å². The second-order valence-electron chi connectivity index (χ2n) is 4.07. The molecule has 0 spiro atoms. The van der Waals surface area contributed by atoms with Crippen LogP contribution in [0.4, 0.5) is 0 Å². The molecule has 2 unspecified atom stereocenters. The average molecular weight is 270 g/mol. The SMILES string of the molecule is CCC(N)C(c1cccs1)n1cc(Cl)c(C)n1. The Kier molecular flexibility index (Phi) is 3.86. The number of hydrogen-bond donors (Lipinski definition) is 1. The van der Waals surface area contributed by atoms with Gasteiger partial charge in [-0.1, -0.05) is 24.6 Å². The predicted octanol–water partition coefficient (Wildman–Crippen LogP) is 3.23. The van der Waals surface area contributed by atoms with Gasteiger partial charge in [0.2, 0.25) is 0 Å². The van der Waals surface area contributed by atoms with Crippen molar-refractivity contribution in [3.63, 3.8) is 0 Å². The maximum Gasteiger partial charge on any atom is 0.101 e. The van der Waals surface area contributed by atoms with Crippen LogP contribution in [0, 0.1) is 6.92 Å². The molecule has 0 aliphatic rings. The van der Waals surface area contributed by atoms with Gasteiger partial charge < -0.3 is 5.73 Å². The minimum Gasteiger partial charge on any atom is -0.326 e. The molecule has 0 aliphatic carbocycles. The third-order valence-corrected chi connectivity index (χ3v) is 4.17. The van der Waals surface area contributed by atoms with Crippen LogP contribution in [0.15, 0.2) is 23.7 Å². The molecule has 0 aliphatic heterocycles. The van der Waals surface area contributed by atoms with E-state index in [9.17, 15) is 0 Å². The maximum atomic E-state index is 6.20. The normalized spacial score (nSPS) is 14.8. The van der Waals surface area contributed by atoms with Gasteiger partial charge in [0, 0.05) is 17.1 Å². The molecule has 2 heterocycles. The van der Waals surface area contributed by atoms with Gasteiger partial charge in [0.25, 0.3) is 0 Å². The topological polar surface area (TPSA) is 43.8 Å². The zero-order valence-electron chi connectivity index (χ0n) is 9.93. The molecule has 2 aromatic rings. The molecule has 2 rings (SSSR count). The highest BCUT2D eigenvalue weighted by molar-refractivity contribution is 7.10. The molecule has 92 valence electrons. The van der Waals surface area contributed by atoms with E-state index in [2.05, 4.69) is 23.5 Å². The van der Waals surface area contributed by atoms with Gasteiger partial charge in [-0.3, -0.25) is 4.68 Å². The van der Waals surface area contributed by atoms with Crippen molar-refractivity contribution in [3.8, 4) is 0 Å². The zero-order chi connectivity index (χ0) is 12.4. The molecule has 0 bridgehead atoms. The molecular formula is C12H16ClN3S. The van der Waals surface area contributed by atoms with Crippen molar-refractivity contribution in [1.29, 1.82) is 0 Å². The number of rotatable bonds is 4. The fourth-order valence-electron chi connectivity index (χ4n) is 1.82. The van der Waals surface area contributed by atoms with E-state index < -0.39 is 0 Å². The van der Waals surface area contributed by atoms with Gasteiger partial charge in [-0.2, -0.15) is 5.10 Å². The van der Waals surface area contributed by atoms with Crippen molar-refractivity contribution in [3.05, 3.63) is 39.3 Å². The minimum atomic E-state index is 0.0454. The third-order valence-electron chi connectivity index (χ3n) is 2.85. The predicted molar refractivity (Wildman–Crippen MR) is 72.7 cm³/mol. The lowest BCUT2D eigenvalue weighted by atomic mass is 10.1. The van der Waals surface area contributed by atoms with E-state index in [1.54, 1.807) is 11.3 Å². The molecule has 0 saturated heterocycles. The van der Waals surface area contributed by atoms with Crippen LogP contribution < -0.4 is 5.73 Å². The molecule has 0 amide bonds. The fraction of sp³-hybridized carbons (Fsp3) is 0.417. The quantitative estimate of drug-likeness (QED) is 0.926. The molecule has 5 heteroatoms. The summed E-state index contributed by atoms with van der Waals surface area (Å²) in [5, 5.41) is 7.19. The molecule has 0 aromatic carbocycles. The highest BCUT2D eigenvalue weighted by Gasteiger charge is 2.23. The molecule has 2 N–H and O–H groups in total. The van der Waals surface area contributed by atoms with Crippen LogP contribution in [-0.4, -0.2) is 15.8 Å². The van der Waals surface area contributed by atoms with E-state index in [4.69, 9.17) is 17.3 Å². The van der Waals surface area contributed by atoms with Gasteiger partial charge in [0.05, 0.1) is 10.7 Å². The standard InChI is InChI=1S/C12H16ClN3S/c1-3-10(14)12(11-5-4-6-17-11)16-7-9(13)8(2)15-16/h4-7,10,12H,3,14H2,1-2H3. The van der Waals surface area contributed by atoms with Crippen LogP contribution in [0.3, 0.4) is 0 Å². The summed E-state index contributed by atoms with van der Waals surface area (Å²) in [7, 11) is 0. The van der Waals surface area contributed by atoms with E-state index in [1.165, 1.54) is 4.88 Å². The van der Waals surface area contributed by atoms with Crippen LogP contribution in [-0.2, 0) is 0 Å². The summed E-state index contributed by atoms with van der Waals surface area (Å²) < 4.78 is 1.89. The van der Waals surface area contributed by atoms with Crippen molar-refractivity contribution in [2.75, 3.05) is 0 Å². The Labute approximate surface area is 110 Å². The largest absolute Gasteiger partial charge is 0.326 e. The van der Waals surface area contributed by atoms with Gasteiger partial charge in [-0.05, 0) is 24.8 Å². The summed E-state index contributed by atoms with van der Waals surface area (Å²) in [6.07, 6.45) is 2.76. The van der Waals surface area contributed by atoms with Gasteiger partial charge >= 0.3 is 0 Å². The molecule has 17 heavy (non-hydrogen) atoms. The second kappa shape index (κ2) is 5.21. The monoisotopic (exact) mass is 269 g/mol. The summed E-state index contributed by atoms with van der Waals surface area (Å²) in [4.78, 5) is 1.22. The first-order valence-electron chi connectivity index (χ1n) is 5.63. The molecule has 2 atom stereocenters. The number of aryl methyl sites for hydroxylation is 1. The summed E-state index contributed by atoms with van der Waals surface area (Å²) in [6, 6.07) is 4.25. The van der Waals surface area contributed by atoms with Crippen LogP contribution in [0.25, 0.3) is 0 Å². The Morgan fingerprint density at radius 3 is 2.82 bits per heavy atom. The van der Waals surface area contributed by atoms with Gasteiger partial charge in [-0.15, -0.1) is 11.3 Å². The molecular weight excluding hydrogens is 254 g/mol. The first kappa shape index (κ1) is 12.6. The first-order valence-corrected chi connectivity index (χ1v) is 6.89. The van der Waals surface area contributed by atoms with Crippen LogP contribution in [0.1, 0.15) is 30.0 Å². The third kappa shape index (κ3) is 2.54. The molecule has 0 fully saturated rings. The van der Waals surface area contributed by atoms with E-state index in [0.717, 1.165) is 12.1 Å². The van der Waals surface area contributed by atoms with Crippen LogP contribution in [0.5, 0.6) is 0 Å². The number of halogens is 1. The van der Waals surface area contributed by atoms with E-state index in [-0.39, 0.29) is 12.1 Å².